The van der Waals surface area contributed by atoms with Crippen LogP contribution in [0.2, 0.25) is 0 Å². The van der Waals surface area contributed by atoms with E-state index >= 15 is 0 Å². The number of rotatable bonds is 1. The van der Waals surface area contributed by atoms with Crippen molar-refractivity contribution in [2.45, 2.75) is 29.6 Å². The summed E-state index contributed by atoms with van der Waals surface area (Å²) in [6, 6.07) is 11.4. The number of nitrogens with one attached hydrogen (secondary N) is 1. The highest BCUT2D eigenvalue weighted by molar-refractivity contribution is 7.91. The smallest absolute Gasteiger partial charge is 0.257 e. The molecule has 0 saturated heterocycles. The quantitative estimate of drug-likeness (QED) is 0.879. The van der Waals surface area contributed by atoms with Gasteiger partial charge >= 0.3 is 0 Å². The van der Waals surface area contributed by atoms with Crippen molar-refractivity contribution in [1.82, 2.24) is 0 Å². The zero-order valence-corrected chi connectivity index (χ0v) is 12.6. The number of hydrogen-bond acceptors (Lipinski definition) is 3. The van der Waals surface area contributed by atoms with Crippen molar-refractivity contribution in [1.29, 1.82) is 0 Å². The zero-order valence-electron chi connectivity index (χ0n) is 11.8. The second-order valence-electron chi connectivity index (χ2n) is 5.36. The van der Waals surface area contributed by atoms with Crippen LogP contribution in [0.3, 0.4) is 0 Å². The SMILES string of the molecule is CC(C)c1ccc2c(c1)C(=O)Nc1ccccc1S2(=O)=O. The Balaban J connectivity index is 2.32. The zero-order chi connectivity index (χ0) is 15.2. The lowest BCUT2D eigenvalue weighted by Crippen LogP contribution is -2.12. The van der Waals surface area contributed by atoms with Crippen LogP contribution in [-0.2, 0) is 9.84 Å². The van der Waals surface area contributed by atoms with Gasteiger partial charge in [-0.1, -0.05) is 32.0 Å². The highest BCUT2D eigenvalue weighted by Gasteiger charge is 2.31. The van der Waals surface area contributed by atoms with Gasteiger partial charge in [-0.3, -0.25) is 4.79 Å². The van der Waals surface area contributed by atoms with E-state index in [1.165, 1.54) is 12.1 Å². The molecule has 0 unspecified atom stereocenters. The van der Waals surface area contributed by atoms with Gasteiger partial charge in [-0.15, -0.1) is 0 Å². The van der Waals surface area contributed by atoms with E-state index < -0.39 is 9.84 Å². The fraction of sp³-hybridized carbons (Fsp3) is 0.188. The Hall–Kier alpha value is -2.14. The first-order valence-corrected chi connectivity index (χ1v) is 8.19. The Kier molecular flexibility index (Phi) is 3.10. The molecule has 3 rings (SSSR count). The van der Waals surface area contributed by atoms with E-state index in [4.69, 9.17) is 0 Å². The summed E-state index contributed by atoms with van der Waals surface area (Å²) in [7, 11) is -3.70. The van der Waals surface area contributed by atoms with Crippen molar-refractivity contribution in [3.05, 3.63) is 53.6 Å². The summed E-state index contributed by atoms with van der Waals surface area (Å²) in [5.74, 6) is -0.169. The molecule has 0 atom stereocenters. The molecule has 0 radical (unpaired) electrons. The van der Waals surface area contributed by atoms with E-state index in [-0.39, 0.29) is 27.2 Å². The van der Waals surface area contributed by atoms with E-state index in [1.807, 2.05) is 13.8 Å². The van der Waals surface area contributed by atoms with Crippen LogP contribution < -0.4 is 5.32 Å². The molecule has 1 heterocycles. The second-order valence-corrected chi connectivity index (χ2v) is 7.25. The largest absolute Gasteiger partial charge is 0.321 e. The molecular weight excluding hydrogens is 286 g/mol. The van der Waals surface area contributed by atoms with E-state index in [9.17, 15) is 13.2 Å². The Bertz CT molecular complexity index is 838. The fourth-order valence-corrected chi connectivity index (χ4v) is 4.02. The molecular formula is C16H15NO3S. The predicted molar refractivity (Wildman–Crippen MR) is 80.4 cm³/mol. The minimum Gasteiger partial charge on any atom is -0.321 e. The first-order chi connectivity index (χ1) is 9.91. The van der Waals surface area contributed by atoms with Crippen molar-refractivity contribution >= 4 is 21.4 Å². The van der Waals surface area contributed by atoms with Gasteiger partial charge in [0.05, 0.1) is 21.0 Å². The lowest BCUT2D eigenvalue weighted by atomic mass is 10.0. The van der Waals surface area contributed by atoms with Gasteiger partial charge in [0.2, 0.25) is 9.84 Å². The number of benzene rings is 2. The maximum Gasteiger partial charge on any atom is 0.257 e. The lowest BCUT2D eigenvalue weighted by Gasteiger charge is -2.10. The molecule has 2 aromatic rings. The molecule has 5 heteroatoms. The third-order valence-electron chi connectivity index (χ3n) is 3.63. The standard InChI is InChI=1S/C16H15NO3S/c1-10(2)11-7-8-14-12(9-11)16(18)17-13-5-3-4-6-15(13)21(14,19)20/h3-10H,1-2H3,(H,17,18). The molecule has 0 saturated carbocycles. The van der Waals surface area contributed by atoms with Gasteiger partial charge in [0.1, 0.15) is 0 Å². The molecule has 108 valence electrons. The van der Waals surface area contributed by atoms with Crippen molar-refractivity contribution in [3.63, 3.8) is 0 Å². The molecule has 1 amide bonds. The Morgan fingerprint density at radius 1 is 1.00 bits per heavy atom. The Morgan fingerprint density at radius 2 is 1.71 bits per heavy atom. The summed E-state index contributed by atoms with van der Waals surface area (Å²) in [6.07, 6.45) is 0. The number of amides is 1. The van der Waals surface area contributed by atoms with Gasteiger partial charge in [0, 0.05) is 0 Å². The summed E-state index contributed by atoms with van der Waals surface area (Å²) < 4.78 is 25.5. The maximum absolute atomic E-state index is 12.7. The van der Waals surface area contributed by atoms with Crippen LogP contribution in [0.1, 0.15) is 35.7 Å². The minimum absolute atomic E-state index is 0.0642. The number of hydrogen-bond donors (Lipinski definition) is 1. The van der Waals surface area contributed by atoms with Gasteiger partial charge in [0.25, 0.3) is 5.91 Å². The van der Waals surface area contributed by atoms with E-state index in [0.29, 0.717) is 5.69 Å². The highest BCUT2D eigenvalue weighted by Crippen LogP contribution is 2.34. The maximum atomic E-state index is 12.7. The minimum atomic E-state index is -3.70. The Labute approximate surface area is 123 Å². The molecule has 0 aromatic heterocycles. The van der Waals surface area contributed by atoms with E-state index in [2.05, 4.69) is 5.32 Å². The van der Waals surface area contributed by atoms with Gasteiger partial charge in [-0.2, -0.15) is 0 Å². The number of fused-ring (bicyclic) bond motifs is 2. The molecule has 1 aliphatic rings. The van der Waals surface area contributed by atoms with E-state index in [0.717, 1.165) is 5.56 Å². The van der Waals surface area contributed by atoms with Crippen LogP contribution in [0.15, 0.2) is 52.3 Å². The number of para-hydroxylation sites is 1. The number of sulfone groups is 1. The predicted octanol–water partition coefficient (Wildman–Crippen LogP) is 3.21. The summed E-state index contributed by atoms with van der Waals surface area (Å²) in [5.41, 5.74) is 1.47. The first kappa shape index (κ1) is 13.8. The molecule has 0 bridgehead atoms. The van der Waals surface area contributed by atoms with Crippen LogP contribution in [0.25, 0.3) is 0 Å². The molecule has 1 N–H and O–H groups in total. The molecule has 0 spiro atoms. The first-order valence-electron chi connectivity index (χ1n) is 6.70. The number of carbonyl (C=O) groups excluding carboxylic acids is 1. The normalized spacial score (nSPS) is 15.9. The molecule has 0 aliphatic carbocycles. The summed E-state index contributed by atoms with van der Waals surface area (Å²) in [6.45, 7) is 4.00. The van der Waals surface area contributed by atoms with Crippen molar-refractivity contribution in [2.75, 3.05) is 5.32 Å². The van der Waals surface area contributed by atoms with Crippen LogP contribution in [0, 0.1) is 0 Å². The van der Waals surface area contributed by atoms with Gasteiger partial charge in [-0.05, 0) is 35.7 Å². The fourth-order valence-electron chi connectivity index (χ4n) is 2.43. The number of carbonyl (C=O) groups is 1. The molecule has 2 aromatic carbocycles. The van der Waals surface area contributed by atoms with Crippen LogP contribution in [0.4, 0.5) is 5.69 Å². The average Bonchev–Trinajstić information content (AvgIpc) is 2.54. The molecule has 0 fully saturated rings. The second kappa shape index (κ2) is 4.70. The molecule has 21 heavy (non-hydrogen) atoms. The number of anilines is 1. The van der Waals surface area contributed by atoms with Gasteiger partial charge in [-0.25, -0.2) is 8.42 Å². The molecule has 4 nitrogen and oxygen atoms in total. The van der Waals surface area contributed by atoms with Gasteiger partial charge < -0.3 is 5.32 Å². The third-order valence-corrected chi connectivity index (χ3v) is 5.50. The Morgan fingerprint density at radius 3 is 2.43 bits per heavy atom. The van der Waals surface area contributed by atoms with Crippen molar-refractivity contribution < 1.29 is 13.2 Å². The topological polar surface area (TPSA) is 63.2 Å². The van der Waals surface area contributed by atoms with E-state index in [1.54, 1.807) is 30.3 Å². The van der Waals surface area contributed by atoms with Crippen LogP contribution >= 0.6 is 0 Å². The van der Waals surface area contributed by atoms with Crippen LogP contribution in [0.5, 0.6) is 0 Å². The summed E-state index contributed by atoms with van der Waals surface area (Å²) in [4.78, 5) is 12.6. The third kappa shape index (κ3) is 2.14. The summed E-state index contributed by atoms with van der Waals surface area (Å²) >= 11 is 0. The van der Waals surface area contributed by atoms with Gasteiger partial charge in [0.15, 0.2) is 0 Å². The van der Waals surface area contributed by atoms with Crippen molar-refractivity contribution in [2.24, 2.45) is 0 Å². The van der Waals surface area contributed by atoms with Crippen LogP contribution in [-0.4, -0.2) is 14.3 Å². The highest BCUT2D eigenvalue weighted by atomic mass is 32.2. The molecule has 1 aliphatic heterocycles. The monoisotopic (exact) mass is 301 g/mol. The average molecular weight is 301 g/mol. The lowest BCUT2D eigenvalue weighted by molar-refractivity contribution is 0.102. The van der Waals surface area contributed by atoms with Crippen molar-refractivity contribution in [3.8, 4) is 0 Å². The summed E-state index contributed by atoms with van der Waals surface area (Å²) in [5, 5.41) is 2.68.